The van der Waals surface area contributed by atoms with Gasteiger partial charge in [-0.15, -0.1) is 0 Å². The van der Waals surface area contributed by atoms with Crippen LogP contribution in [0.3, 0.4) is 0 Å². The minimum Gasteiger partial charge on any atom is -0.633 e. The Balaban J connectivity index is 1.59. The van der Waals surface area contributed by atoms with E-state index in [0.29, 0.717) is 35.9 Å². The zero-order valence-corrected chi connectivity index (χ0v) is 24.7. The molecule has 0 saturated heterocycles. The molecule has 0 bridgehead atoms. The predicted molar refractivity (Wildman–Crippen MR) is 171 cm³/mol. The Kier molecular flexibility index (Phi) is 13.3. The number of quaternary nitrogens is 2. The van der Waals surface area contributed by atoms with Gasteiger partial charge in [-0.05, 0) is 54.6 Å². The largest absolute Gasteiger partial charge is 0.633 e. The summed E-state index contributed by atoms with van der Waals surface area (Å²) in [7, 11) is 0. The number of carbonyl (C=O) groups excluding carboxylic acids is 1. The van der Waals surface area contributed by atoms with E-state index in [1.54, 1.807) is 54.6 Å². The Bertz CT molecular complexity index is 1290. The highest BCUT2D eigenvalue weighted by Gasteiger charge is 2.18. The molecular formula is C30H43N7O7. The molecule has 0 spiro atoms. The maximum atomic E-state index is 12.6. The molecule has 3 rings (SSSR count). The van der Waals surface area contributed by atoms with Crippen LogP contribution in [-0.4, -0.2) is 120 Å². The number of nitrogens with zero attached hydrogens (tertiary/aromatic N) is 3. The van der Waals surface area contributed by atoms with Crippen molar-refractivity contribution in [3.05, 3.63) is 82.5 Å². The third kappa shape index (κ3) is 10.7. The van der Waals surface area contributed by atoms with E-state index in [4.69, 9.17) is 26.2 Å². The Morgan fingerprint density at radius 3 is 1.55 bits per heavy atom. The van der Waals surface area contributed by atoms with Crippen molar-refractivity contribution in [2.24, 2.45) is 10.7 Å². The van der Waals surface area contributed by atoms with E-state index in [1.807, 2.05) is 0 Å². The third-order valence-corrected chi connectivity index (χ3v) is 7.14. The molecule has 0 amide bonds. The molecule has 0 aromatic heterocycles. The van der Waals surface area contributed by atoms with Gasteiger partial charge in [-0.3, -0.25) is 4.79 Å². The van der Waals surface area contributed by atoms with Crippen molar-refractivity contribution in [3.63, 3.8) is 0 Å². The molecule has 0 radical (unpaired) electrons. The topological polar surface area (TPSA) is 219 Å². The molecule has 240 valence electrons. The summed E-state index contributed by atoms with van der Waals surface area (Å²) in [4.78, 5) is 17.2. The first-order valence-electron chi connectivity index (χ1n) is 14.5. The van der Waals surface area contributed by atoms with Crippen LogP contribution in [0.25, 0.3) is 0 Å². The van der Waals surface area contributed by atoms with Crippen LogP contribution in [0.4, 0.5) is 22.7 Å². The summed E-state index contributed by atoms with van der Waals surface area (Å²) in [6.07, 6.45) is 2.89. The first-order chi connectivity index (χ1) is 21.1. The van der Waals surface area contributed by atoms with Gasteiger partial charge in [0.25, 0.3) is 0 Å². The van der Waals surface area contributed by atoms with Crippen LogP contribution in [0.15, 0.2) is 77.1 Å². The van der Waals surface area contributed by atoms with E-state index in [9.17, 15) is 15.2 Å². The lowest BCUT2D eigenvalue weighted by atomic mass is 10.1. The standard InChI is InChI=1S/C30H43N7O7/c31-27-21-30(42)29(35-26-7-3-24(4-8-26)33-10-12-37(44,15-19-40)16-20-41)22-28(27)34-25-5-1-23(2-6-25)32-9-11-36(43,13-17-38)14-18-39/h1-8,21-22,32-33,35,38-41H,9-20,31H2/b34-28+. The number of carbonyl (C=O) groups is 1. The van der Waals surface area contributed by atoms with Gasteiger partial charge in [0, 0.05) is 23.1 Å². The molecule has 9 N–H and O–H groups in total. The molecule has 2 aromatic rings. The van der Waals surface area contributed by atoms with Crippen LogP contribution in [-0.2, 0) is 4.79 Å². The normalized spacial score (nSPS) is 14.8. The number of anilines is 3. The molecule has 14 heteroatoms. The number of ketones is 1. The molecular weight excluding hydrogens is 570 g/mol. The number of aliphatic imine (C=N–C) groups is 1. The van der Waals surface area contributed by atoms with Crippen LogP contribution >= 0.6 is 0 Å². The molecule has 2 aromatic carbocycles. The number of nitrogens with one attached hydrogen (secondary N) is 3. The highest BCUT2D eigenvalue weighted by atomic mass is 16.6. The summed E-state index contributed by atoms with van der Waals surface area (Å²) in [5, 5.41) is 71.0. The maximum Gasteiger partial charge on any atom is 0.204 e. The van der Waals surface area contributed by atoms with E-state index in [-0.39, 0.29) is 77.2 Å². The number of benzene rings is 2. The predicted octanol–water partition coefficient (Wildman–Crippen LogP) is 0.603. The van der Waals surface area contributed by atoms with Crippen molar-refractivity contribution in [1.29, 1.82) is 0 Å². The number of aliphatic hydroxyl groups is 4. The van der Waals surface area contributed by atoms with E-state index < -0.39 is 9.29 Å². The molecule has 1 aliphatic rings. The lowest BCUT2D eigenvalue weighted by molar-refractivity contribution is -0.879. The minimum absolute atomic E-state index is 0.0179. The van der Waals surface area contributed by atoms with Gasteiger partial charge in [-0.2, -0.15) is 0 Å². The highest BCUT2D eigenvalue weighted by molar-refractivity contribution is 6.23. The molecule has 14 nitrogen and oxygen atoms in total. The Morgan fingerprint density at radius 2 is 1.09 bits per heavy atom. The molecule has 1 aliphatic carbocycles. The van der Waals surface area contributed by atoms with Crippen molar-refractivity contribution < 1.29 is 34.5 Å². The quantitative estimate of drug-likeness (QED) is 0.0623. The van der Waals surface area contributed by atoms with Crippen LogP contribution in [0.1, 0.15) is 0 Å². The third-order valence-electron chi connectivity index (χ3n) is 7.14. The number of hydroxylamine groups is 6. The molecule has 0 aliphatic heterocycles. The molecule has 0 saturated carbocycles. The second-order valence-electron chi connectivity index (χ2n) is 10.5. The first kappa shape index (κ1) is 34.6. The van der Waals surface area contributed by atoms with Crippen molar-refractivity contribution in [2.45, 2.75) is 0 Å². The number of aliphatic hydroxyl groups excluding tert-OH is 4. The number of allylic oxidation sites excluding steroid dienone is 2. The van der Waals surface area contributed by atoms with Crippen LogP contribution < -0.4 is 21.7 Å². The minimum atomic E-state index is -0.682. The number of rotatable bonds is 19. The van der Waals surface area contributed by atoms with Gasteiger partial charge in [0.1, 0.15) is 26.2 Å². The van der Waals surface area contributed by atoms with Crippen molar-refractivity contribution in [2.75, 3.05) is 94.7 Å². The van der Waals surface area contributed by atoms with Crippen molar-refractivity contribution in [1.82, 2.24) is 0 Å². The van der Waals surface area contributed by atoms with Crippen LogP contribution in [0.2, 0.25) is 0 Å². The SMILES string of the molecule is NC1=CC(=O)C(Nc2ccc(NCC[N+]([O-])(CCO)CCO)cc2)=C/C1=N\c1ccc(NCC[N+]([O-])(CCO)CCO)cc1. The van der Waals surface area contributed by atoms with Crippen LogP contribution in [0.5, 0.6) is 0 Å². The van der Waals surface area contributed by atoms with Gasteiger partial charge in [-0.1, -0.05) is 0 Å². The second kappa shape index (κ2) is 16.8. The average Bonchev–Trinajstić information content (AvgIpc) is 2.98. The summed E-state index contributed by atoms with van der Waals surface area (Å²) in [6, 6.07) is 14.3. The van der Waals surface area contributed by atoms with Gasteiger partial charge in [0.15, 0.2) is 0 Å². The molecule has 0 heterocycles. The summed E-state index contributed by atoms with van der Waals surface area (Å²) in [5.74, 6) is -0.296. The van der Waals surface area contributed by atoms with Crippen molar-refractivity contribution >= 4 is 34.2 Å². The Hall–Kier alpha value is -3.86. The van der Waals surface area contributed by atoms with E-state index >= 15 is 0 Å². The molecule has 0 atom stereocenters. The fraction of sp³-hybridized carbons (Fsp3) is 0.400. The van der Waals surface area contributed by atoms with Crippen molar-refractivity contribution in [3.8, 4) is 0 Å². The monoisotopic (exact) mass is 613 g/mol. The summed E-state index contributed by atoms with van der Waals surface area (Å²) >= 11 is 0. The number of nitrogens with two attached hydrogens (primary N) is 1. The highest BCUT2D eigenvalue weighted by Crippen LogP contribution is 2.22. The molecule has 0 fully saturated rings. The lowest BCUT2D eigenvalue weighted by Crippen LogP contribution is -2.49. The lowest BCUT2D eigenvalue weighted by Gasteiger charge is -2.42. The zero-order valence-electron chi connectivity index (χ0n) is 24.7. The van der Waals surface area contributed by atoms with Gasteiger partial charge in [0.2, 0.25) is 5.78 Å². The Labute approximate surface area is 256 Å². The summed E-state index contributed by atoms with van der Waals surface area (Å²) < 4.78 is -1.36. The smallest absolute Gasteiger partial charge is 0.204 e. The second-order valence-corrected chi connectivity index (χ2v) is 10.5. The van der Waals surface area contributed by atoms with Gasteiger partial charge < -0.3 is 61.8 Å². The van der Waals surface area contributed by atoms with Gasteiger partial charge >= 0.3 is 0 Å². The van der Waals surface area contributed by atoms with E-state index in [1.165, 1.54) is 6.08 Å². The number of hydrogen-bond donors (Lipinski definition) is 8. The Morgan fingerprint density at radius 1 is 0.659 bits per heavy atom. The summed E-state index contributed by atoms with van der Waals surface area (Å²) in [6.45, 7) is 0.182. The van der Waals surface area contributed by atoms with E-state index in [2.05, 4.69) is 20.9 Å². The van der Waals surface area contributed by atoms with E-state index in [0.717, 1.165) is 11.4 Å². The summed E-state index contributed by atoms with van der Waals surface area (Å²) in [5.41, 5.74) is 9.84. The molecule has 44 heavy (non-hydrogen) atoms. The maximum absolute atomic E-state index is 12.6. The molecule has 0 unspecified atom stereocenters. The average molecular weight is 614 g/mol. The van der Waals surface area contributed by atoms with Crippen LogP contribution in [0, 0.1) is 10.4 Å². The van der Waals surface area contributed by atoms with Gasteiger partial charge in [0.05, 0.1) is 75.4 Å². The fourth-order valence-electron chi connectivity index (χ4n) is 4.61. The fourth-order valence-corrected chi connectivity index (χ4v) is 4.61. The number of hydrogen-bond acceptors (Lipinski definition) is 12. The zero-order chi connectivity index (χ0) is 32.0. The first-order valence-corrected chi connectivity index (χ1v) is 14.5. The van der Waals surface area contributed by atoms with Gasteiger partial charge in [-0.25, -0.2) is 4.99 Å².